The summed E-state index contributed by atoms with van der Waals surface area (Å²) in [6.45, 7) is 10.1. The Morgan fingerprint density at radius 3 is 2.55 bits per heavy atom. The molecule has 110 valence electrons. The van der Waals surface area contributed by atoms with E-state index < -0.39 is 0 Å². The van der Waals surface area contributed by atoms with Crippen LogP contribution >= 0.6 is 12.2 Å². The van der Waals surface area contributed by atoms with Crippen molar-refractivity contribution in [3.8, 4) is 0 Å². The van der Waals surface area contributed by atoms with E-state index in [1.54, 1.807) is 0 Å². The largest absolute Gasteiger partial charge is 0.370 e. The molecule has 0 saturated heterocycles. The van der Waals surface area contributed by atoms with Crippen molar-refractivity contribution in [3.05, 3.63) is 29.3 Å². The van der Waals surface area contributed by atoms with Crippen molar-refractivity contribution >= 4 is 29.0 Å². The van der Waals surface area contributed by atoms with Crippen molar-refractivity contribution in [2.24, 2.45) is 10.7 Å². The number of rotatable bonds is 2. The lowest BCUT2D eigenvalue weighted by molar-refractivity contribution is 0.581. The van der Waals surface area contributed by atoms with Crippen LogP contribution in [-0.2, 0) is 6.42 Å². The number of nitrogens with one attached hydrogen (secondary N) is 2. The van der Waals surface area contributed by atoms with E-state index >= 15 is 0 Å². The first-order valence-electron chi connectivity index (χ1n) is 6.74. The second-order valence-corrected chi connectivity index (χ2v) is 6.12. The topological polar surface area (TPSA) is 62.4 Å². The van der Waals surface area contributed by atoms with Crippen molar-refractivity contribution in [3.63, 3.8) is 0 Å². The number of para-hydroxylation sites is 1. The van der Waals surface area contributed by atoms with E-state index in [0.717, 1.165) is 17.7 Å². The van der Waals surface area contributed by atoms with Crippen LogP contribution in [0.15, 0.2) is 23.2 Å². The zero-order valence-electron chi connectivity index (χ0n) is 12.9. The molecule has 0 aliphatic rings. The smallest absolute Gasteiger partial charge is 0.195 e. The Kier molecular flexibility index (Phi) is 5.51. The van der Waals surface area contributed by atoms with E-state index in [1.807, 2.05) is 26.8 Å². The highest BCUT2D eigenvalue weighted by Crippen LogP contribution is 2.20. The maximum atomic E-state index is 5.83. The van der Waals surface area contributed by atoms with Gasteiger partial charge in [0.1, 0.15) is 0 Å². The lowest BCUT2D eigenvalue weighted by atomic mass is 10.1. The number of hydrogen-bond acceptors (Lipinski definition) is 2. The number of nitrogens with zero attached hydrogens (tertiary/aromatic N) is 1. The van der Waals surface area contributed by atoms with Crippen molar-refractivity contribution in [2.75, 3.05) is 5.32 Å². The molecule has 4 N–H and O–H groups in total. The van der Waals surface area contributed by atoms with Gasteiger partial charge in [-0.2, -0.15) is 0 Å². The molecule has 0 fully saturated rings. The fourth-order valence-electron chi connectivity index (χ4n) is 1.85. The Hall–Kier alpha value is -1.62. The van der Waals surface area contributed by atoms with E-state index in [1.165, 1.54) is 5.56 Å². The van der Waals surface area contributed by atoms with Crippen LogP contribution in [0.25, 0.3) is 0 Å². The third-order valence-electron chi connectivity index (χ3n) is 2.68. The first-order valence-corrected chi connectivity index (χ1v) is 7.15. The lowest BCUT2D eigenvalue weighted by Gasteiger charge is -2.17. The SMILES string of the molecule is CCc1cccc(C)c1NC(=S)NC(N)=NC(C)(C)C. The molecule has 0 unspecified atom stereocenters. The number of aryl methyl sites for hydroxylation is 2. The second kappa shape index (κ2) is 6.70. The van der Waals surface area contributed by atoms with Crippen LogP contribution in [0.3, 0.4) is 0 Å². The van der Waals surface area contributed by atoms with Gasteiger partial charge in [0.25, 0.3) is 0 Å². The van der Waals surface area contributed by atoms with Gasteiger partial charge in [-0.25, -0.2) is 4.99 Å². The molecule has 1 aromatic rings. The summed E-state index contributed by atoms with van der Waals surface area (Å²) < 4.78 is 0. The van der Waals surface area contributed by atoms with Gasteiger partial charge in [-0.15, -0.1) is 0 Å². The van der Waals surface area contributed by atoms with E-state index in [4.69, 9.17) is 18.0 Å². The number of nitrogens with two attached hydrogens (primary N) is 1. The van der Waals surface area contributed by atoms with Gasteiger partial charge in [-0.05, 0) is 57.5 Å². The first kappa shape index (κ1) is 16.4. The quantitative estimate of drug-likeness (QED) is 0.445. The number of aliphatic imine (C=N–C) groups is 1. The number of anilines is 1. The van der Waals surface area contributed by atoms with Crippen molar-refractivity contribution in [1.29, 1.82) is 0 Å². The second-order valence-electron chi connectivity index (χ2n) is 5.71. The fourth-order valence-corrected chi connectivity index (χ4v) is 2.06. The molecule has 20 heavy (non-hydrogen) atoms. The summed E-state index contributed by atoms with van der Waals surface area (Å²) in [7, 11) is 0. The van der Waals surface area contributed by atoms with Crippen LogP contribution in [-0.4, -0.2) is 16.6 Å². The van der Waals surface area contributed by atoms with Crippen LogP contribution in [0.2, 0.25) is 0 Å². The fraction of sp³-hybridized carbons (Fsp3) is 0.467. The molecule has 0 aromatic heterocycles. The highest BCUT2D eigenvalue weighted by Gasteiger charge is 2.10. The summed E-state index contributed by atoms with van der Waals surface area (Å²) >= 11 is 5.29. The van der Waals surface area contributed by atoms with E-state index in [0.29, 0.717) is 11.1 Å². The molecule has 0 amide bonds. The van der Waals surface area contributed by atoms with Gasteiger partial charge >= 0.3 is 0 Å². The molecule has 0 aliphatic carbocycles. The minimum atomic E-state index is -0.232. The average Bonchev–Trinajstić information content (AvgIpc) is 2.28. The van der Waals surface area contributed by atoms with E-state index in [9.17, 15) is 0 Å². The number of guanidine groups is 1. The van der Waals surface area contributed by atoms with Gasteiger partial charge in [0.2, 0.25) is 0 Å². The summed E-state index contributed by atoms with van der Waals surface area (Å²) in [4.78, 5) is 4.31. The maximum absolute atomic E-state index is 5.83. The summed E-state index contributed by atoms with van der Waals surface area (Å²) in [6, 6.07) is 6.19. The Bertz CT molecular complexity index is 515. The molecule has 0 heterocycles. The van der Waals surface area contributed by atoms with Gasteiger partial charge in [-0.1, -0.05) is 25.1 Å². The zero-order chi connectivity index (χ0) is 15.3. The number of thiocarbonyl (C=S) groups is 1. The Morgan fingerprint density at radius 2 is 2.00 bits per heavy atom. The highest BCUT2D eigenvalue weighted by atomic mass is 32.1. The van der Waals surface area contributed by atoms with Crippen molar-refractivity contribution < 1.29 is 0 Å². The molecule has 0 bridgehead atoms. The molecular weight excluding hydrogens is 268 g/mol. The molecular formula is C15H24N4S. The Balaban J connectivity index is 2.80. The predicted octanol–water partition coefficient (Wildman–Crippen LogP) is 2.96. The monoisotopic (exact) mass is 292 g/mol. The number of benzene rings is 1. The summed E-state index contributed by atoms with van der Waals surface area (Å²) in [5, 5.41) is 6.58. The maximum Gasteiger partial charge on any atom is 0.195 e. The van der Waals surface area contributed by atoms with Gasteiger partial charge in [0, 0.05) is 5.69 Å². The van der Waals surface area contributed by atoms with Gasteiger partial charge in [0.15, 0.2) is 11.1 Å². The minimum absolute atomic E-state index is 0.232. The third-order valence-corrected chi connectivity index (χ3v) is 2.88. The van der Waals surface area contributed by atoms with Crippen LogP contribution in [0, 0.1) is 6.92 Å². The molecule has 0 aliphatic heterocycles. The number of hydrogen-bond donors (Lipinski definition) is 3. The van der Waals surface area contributed by atoms with Gasteiger partial charge in [0.05, 0.1) is 5.54 Å². The van der Waals surface area contributed by atoms with E-state index in [2.05, 4.69) is 41.6 Å². The Labute approximate surface area is 126 Å². The van der Waals surface area contributed by atoms with Crippen LogP contribution < -0.4 is 16.4 Å². The van der Waals surface area contributed by atoms with Crippen molar-refractivity contribution in [2.45, 2.75) is 46.6 Å². The standard InChI is InChI=1S/C15H24N4S/c1-6-11-9-7-8-10(2)12(11)17-14(20)18-13(16)19-15(3,4)5/h7-9H,6H2,1-5H3,(H4,16,17,18,19,20). The molecule has 5 heteroatoms. The third kappa shape index (κ3) is 5.17. The molecule has 1 aromatic carbocycles. The minimum Gasteiger partial charge on any atom is -0.370 e. The van der Waals surface area contributed by atoms with E-state index in [-0.39, 0.29) is 5.54 Å². The average molecular weight is 292 g/mol. The molecule has 1 rings (SSSR count). The summed E-state index contributed by atoms with van der Waals surface area (Å²) in [5.41, 5.74) is 9.02. The van der Waals surface area contributed by atoms with Crippen LogP contribution in [0.1, 0.15) is 38.8 Å². The molecule has 0 saturated carbocycles. The van der Waals surface area contributed by atoms with Crippen molar-refractivity contribution in [1.82, 2.24) is 5.32 Å². The lowest BCUT2D eigenvalue weighted by Crippen LogP contribution is -2.41. The van der Waals surface area contributed by atoms with Crippen LogP contribution in [0.5, 0.6) is 0 Å². The zero-order valence-corrected chi connectivity index (χ0v) is 13.7. The van der Waals surface area contributed by atoms with Gasteiger partial charge < -0.3 is 16.4 Å². The molecule has 4 nitrogen and oxygen atoms in total. The molecule has 0 spiro atoms. The summed E-state index contributed by atoms with van der Waals surface area (Å²) in [5.74, 6) is 0.321. The molecule has 0 radical (unpaired) electrons. The first-order chi connectivity index (χ1) is 9.23. The summed E-state index contributed by atoms with van der Waals surface area (Å²) in [6.07, 6.45) is 0.943. The normalized spacial score (nSPS) is 12.2. The Morgan fingerprint density at radius 1 is 1.35 bits per heavy atom. The van der Waals surface area contributed by atoms with Crippen LogP contribution in [0.4, 0.5) is 5.69 Å². The predicted molar refractivity (Wildman–Crippen MR) is 91.3 cm³/mol. The van der Waals surface area contributed by atoms with Gasteiger partial charge in [-0.3, -0.25) is 0 Å². The highest BCUT2D eigenvalue weighted by molar-refractivity contribution is 7.80. The molecule has 0 atom stereocenters.